The molecule has 0 radical (unpaired) electrons. The van der Waals surface area contributed by atoms with E-state index in [1.807, 2.05) is 30.5 Å². The van der Waals surface area contributed by atoms with Gasteiger partial charge in [0, 0.05) is 0 Å². The Hall–Kier alpha value is -0.445. The smallest absolute Gasteiger partial charge is 0.870 e. The van der Waals surface area contributed by atoms with Crippen LogP contribution in [0.2, 0.25) is 0 Å². The van der Waals surface area contributed by atoms with E-state index in [0.717, 1.165) is 5.46 Å². The van der Waals surface area contributed by atoms with Crippen molar-refractivity contribution < 1.29 is 11.0 Å². The summed E-state index contributed by atoms with van der Waals surface area (Å²) in [5.41, 5.74) is 0.827. The van der Waals surface area contributed by atoms with E-state index in [9.17, 15) is 0 Å². The third kappa shape index (κ3) is 4.08. The molecule has 0 bridgehead atoms. The molecule has 0 aliphatic heterocycles. The largest absolute Gasteiger partial charge is 0.870 e. The van der Waals surface area contributed by atoms with Gasteiger partial charge >= 0.3 is 60.5 Å². The van der Waals surface area contributed by atoms with Crippen molar-refractivity contribution in [2.24, 2.45) is 0 Å². The molecule has 2 N–H and O–H groups in total. The van der Waals surface area contributed by atoms with Gasteiger partial charge in [0.25, 0.3) is 0 Å². The third-order valence-corrected chi connectivity index (χ3v) is 1.86. The fraction of sp³-hybridized carbons (Fsp3) is 0.143. The van der Waals surface area contributed by atoms with Crippen molar-refractivity contribution in [3.63, 3.8) is 0 Å². The molecule has 0 aliphatic rings. The molecule has 0 atom stereocenters. The second kappa shape index (κ2) is 6.28. The van der Waals surface area contributed by atoms with Crippen LogP contribution in [0, 0.1) is 0 Å². The molecule has 1 aromatic rings. The second-order valence-electron chi connectivity index (χ2n) is 1.77. The first-order chi connectivity index (χ1) is 4.33. The molecule has 0 amide bonds. The van der Waals surface area contributed by atoms with E-state index in [0.29, 0.717) is 0 Å². The molecule has 0 saturated carbocycles. The maximum atomic E-state index is 5.47. The standard InChI is InChI=1S/C7H7BS.2H2O/c1-9-7-4-2-6(8)3-5-7;;/h2-5H,1H3;2*1H2/q+2;;/p-2. The molecular weight excluding hydrogens is 159 g/mol. The minimum Gasteiger partial charge on any atom is -0.870 e. The number of thioether (sulfide) groups is 1. The van der Waals surface area contributed by atoms with Crippen LogP contribution in [0.1, 0.15) is 0 Å². The molecule has 11 heavy (non-hydrogen) atoms. The van der Waals surface area contributed by atoms with E-state index in [-0.39, 0.29) is 11.0 Å². The van der Waals surface area contributed by atoms with Crippen molar-refractivity contribution in [3.05, 3.63) is 24.3 Å². The summed E-state index contributed by atoms with van der Waals surface area (Å²) in [5.74, 6) is 0. The molecule has 1 rings (SSSR count). The summed E-state index contributed by atoms with van der Waals surface area (Å²) in [7, 11) is 5.47. The van der Waals surface area contributed by atoms with Crippen LogP contribution in [-0.2, 0) is 0 Å². The summed E-state index contributed by atoms with van der Waals surface area (Å²) in [4.78, 5) is 1.25. The average molecular weight is 168 g/mol. The zero-order valence-electron chi connectivity index (χ0n) is 6.19. The van der Waals surface area contributed by atoms with E-state index < -0.39 is 0 Å². The summed E-state index contributed by atoms with van der Waals surface area (Å²) < 4.78 is 0. The van der Waals surface area contributed by atoms with Crippen molar-refractivity contribution >= 4 is 25.1 Å². The first kappa shape index (κ1) is 13.2. The van der Waals surface area contributed by atoms with Crippen LogP contribution in [0.15, 0.2) is 29.2 Å². The van der Waals surface area contributed by atoms with Gasteiger partial charge in [-0.1, -0.05) is 0 Å². The second-order valence-corrected chi connectivity index (χ2v) is 2.65. The zero-order chi connectivity index (χ0) is 6.69. The van der Waals surface area contributed by atoms with Crippen molar-refractivity contribution in [1.82, 2.24) is 0 Å². The number of hydrogen-bond donors (Lipinski definition) is 0. The predicted molar refractivity (Wildman–Crippen MR) is 47.5 cm³/mol. The first-order valence-electron chi connectivity index (χ1n) is 2.72. The summed E-state index contributed by atoms with van der Waals surface area (Å²) >= 11 is 1.72. The predicted octanol–water partition coefficient (Wildman–Crippen LogP) is 0.849. The molecule has 4 heteroatoms. The minimum absolute atomic E-state index is 0. The Morgan fingerprint density at radius 3 is 1.91 bits per heavy atom. The Labute approximate surface area is 72.0 Å². The molecule has 0 aliphatic carbocycles. The normalized spacial score (nSPS) is 7.91. The summed E-state index contributed by atoms with van der Waals surface area (Å²) in [6.45, 7) is 0. The van der Waals surface area contributed by atoms with Gasteiger partial charge in [0.05, 0.1) is 0 Å². The Balaban J connectivity index is 0. The van der Waals surface area contributed by atoms with Gasteiger partial charge in [-0.2, -0.15) is 0 Å². The monoisotopic (exact) mass is 168 g/mol. The van der Waals surface area contributed by atoms with E-state index in [1.165, 1.54) is 4.90 Å². The summed E-state index contributed by atoms with van der Waals surface area (Å²) in [5, 5.41) is 0. The summed E-state index contributed by atoms with van der Waals surface area (Å²) in [6.07, 6.45) is 2.05. The molecule has 0 fully saturated rings. The van der Waals surface area contributed by atoms with Crippen LogP contribution in [0.5, 0.6) is 0 Å². The Kier molecular flexibility index (Phi) is 7.51. The number of rotatable bonds is 1. The SMILES string of the molecule is [B+2]c1ccc(SC)cc1.[OH-].[OH-]. The quantitative estimate of drug-likeness (QED) is 0.461. The van der Waals surface area contributed by atoms with Gasteiger partial charge in [0.2, 0.25) is 0 Å². The topological polar surface area (TPSA) is 60.0 Å². The molecule has 0 unspecified atom stereocenters. The Morgan fingerprint density at radius 1 is 1.09 bits per heavy atom. The van der Waals surface area contributed by atoms with Gasteiger partial charge in [0.15, 0.2) is 0 Å². The van der Waals surface area contributed by atoms with E-state index in [2.05, 4.69) is 0 Å². The van der Waals surface area contributed by atoms with Crippen molar-refractivity contribution in [3.8, 4) is 0 Å². The van der Waals surface area contributed by atoms with Crippen LogP contribution in [0.25, 0.3) is 0 Å². The van der Waals surface area contributed by atoms with Crippen molar-refractivity contribution in [2.45, 2.75) is 4.90 Å². The maximum Gasteiger partial charge on any atom is -0.870 e. The van der Waals surface area contributed by atoms with Crippen molar-refractivity contribution in [1.29, 1.82) is 0 Å². The Morgan fingerprint density at radius 2 is 1.55 bits per heavy atom. The van der Waals surface area contributed by atoms with E-state index >= 15 is 0 Å². The fourth-order valence-electron chi connectivity index (χ4n) is 0.604. The first-order valence-corrected chi connectivity index (χ1v) is 3.95. The van der Waals surface area contributed by atoms with Crippen LogP contribution in [0.4, 0.5) is 0 Å². The van der Waals surface area contributed by atoms with Gasteiger partial charge in [-0.05, 0) is 0 Å². The molecular formula is C7H9BO2S. The van der Waals surface area contributed by atoms with Gasteiger partial charge in [-0.25, -0.2) is 0 Å². The minimum atomic E-state index is 0. The van der Waals surface area contributed by atoms with Crippen LogP contribution >= 0.6 is 11.8 Å². The van der Waals surface area contributed by atoms with Crippen LogP contribution < -0.4 is 5.46 Å². The zero-order valence-corrected chi connectivity index (χ0v) is 7.01. The maximum absolute atomic E-state index is 5.47. The average Bonchev–Trinajstić information content (AvgIpc) is 1.90. The molecule has 0 heterocycles. The van der Waals surface area contributed by atoms with Gasteiger partial charge in [-0.15, -0.1) is 0 Å². The van der Waals surface area contributed by atoms with Crippen LogP contribution in [0.3, 0.4) is 0 Å². The number of benzene rings is 1. The van der Waals surface area contributed by atoms with E-state index in [1.54, 1.807) is 11.8 Å². The fourth-order valence-corrected chi connectivity index (χ4v) is 1.01. The Bertz CT molecular complexity index is 188. The molecule has 58 valence electrons. The molecule has 0 aromatic heterocycles. The summed E-state index contributed by atoms with van der Waals surface area (Å²) in [6, 6.07) is 7.84. The van der Waals surface area contributed by atoms with Crippen molar-refractivity contribution in [2.75, 3.05) is 6.26 Å². The van der Waals surface area contributed by atoms with Gasteiger partial charge in [-0.3, -0.25) is 0 Å². The van der Waals surface area contributed by atoms with Gasteiger partial charge < -0.3 is 11.0 Å². The third-order valence-electron chi connectivity index (χ3n) is 1.12. The number of hydrogen-bond acceptors (Lipinski definition) is 3. The molecule has 0 saturated heterocycles. The van der Waals surface area contributed by atoms with Gasteiger partial charge in [0.1, 0.15) is 0 Å². The van der Waals surface area contributed by atoms with E-state index in [4.69, 9.17) is 7.85 Å². The molecule has 2 nitrogen and oxygen atoms in total. The van der Waals surface area contributed by atoms with Crippen LogP contribution in [-0.4, -0.2) is 25.1 Å². The molecule has 1 aromatic carbocycles. The molecule has 0 spiro atoms.